The van der Waals surface area contributed by atoms with Gasteiger partial charge >= 0.3 is 0 Å². The number of nitro groups is 1. The van der Waals surface area contributed by atoms with E-state index in [1.54, 1.807) is 0 Å². The molecule has 7 nitrogen and oxygen atoms in total. The van der Waals surface area contributed by atoms with E-state index in [1.807, 2.05) is 0 Å². The number of aryl methyl sites for hydroxylation is 1. The van der Waals surface area contributed by atoms with E-state index in [2.05, 4.69) is 0 Å². The highest BCUT2D eigenvalue weighted by molar-refractivity contribution is 7.89. The lowest BCUT2D eigenvalue weighted by molar-refractivity contribution is -0.388. The van der Waals surface area contributed by atoms with E-state index in [0.29, 0.717) is 18.4 Å². The van der Waals surface area contributed by atoms with Crippen molar-refractivity contribution < 1.29 is 18.4 Å². The average molecular weight is 314 g/mol. The Labute approximate surface area is 123 Å². The first-order valence-electron chi connectivity index (χ1n) is 6.76. The monoisotopic (exact) mass is 314 g/mol. The van der Waals surface area contributed by atoms with Gasteiger partial charge in [0.25, 0.3) is 15.7 Å². The molecule has 0 aliphatic carbocycles. The maximum atomic E-state index is 12.8. The van der Waals surface area contributed by atoms with Crippen LogP contribution in [0.25, 0.3) is 0 Å². The van der Waals surface area contributed by atoms with Gasteiger partial charge in [-0.2, -0.15) is 4.31 Å². The van der Waals surface area contributed by atoms with Gasteiger partial charge in [0.1, 0.15) is 0 Å². The molecular weight excluding hydrogens is 296 g/mol. The molecule has 0 radical (unpaired) electrons. The van der Waals surface area contributed by atoms with Crippen molar-refractivity contribution in [1.82, 2.24) is 4.31 Å². The smallest absolute Gasteiger partial charge is 0.289 e. The number of nitro benzene ring substituents is 1. The van der Waals surface area contributed by atoms with E-state index in [9.17, 15) is 23.6 Å². The second-order valence-corrected chi connectivity index (χ2v) is 6.96. The minimum Gasteiger partial charge on any atom is -0.395 e. The molecule has 0 spiro atoms. The molecule has 1 aliphatic rings. The quantitative estimate of drug-likeness (QED) is 0.669. The topological polar surface area (TPSA) is 101 Å². The predicted octanol–water partition coefficient (Wildman–Crippen LogP) is 1.44. The first kappa shape index (κ1) is 15.9. The highest BCUT2D eigenvalue weighted by Crippen LogP contribution is 2.32. The van der Waals surface area contributed by atoms with Gasteiger partial charge in [0.05, 0.1) is 11.5 Å². The maximum Gasteiger partial charge on any atom is 0.289 e. The highest BCUT2D eigenvalue weighted by atomic mass is 32.2. The minimum atomic E-state index is -4.00. The Kier molecular flexibility index (Phi) is 4.60. The first-order chi connectivity index (χ1) is 9.89. The van der Waals surface area contributed by atoms with E-state index < -0.39 is 26.7 Å². The molecule has 0 aromatic heterocycles. The molecule has 2 rings (SSSR count). The van der Waals surface area contributed by atoms with Crippen LogP contribution in [0.5, 0.6) is 0 Å². The molecule has 116 valence electrons. The van der Waals surface area contributed by atoms with Crippen LogP contribution in [0.3, 0.4) is 0 Å². The highest BCUT2D eigenvalue weighted by Gasteiger charge is 2.38. The Morgan fingerprint density at radius 2 is 2.14 bits per heavy atom. The van der Waals surface area contributed by atoms with Gasteiger partial charge in [-0.05, 0) is 25.3 Å². The van der Waals surface area contributed by atoms with Gasteiger partial charge in [-0.25, -0.2) is 8.42 Å². The molecule has 1 unspecified atom stereocenters. The van der Waals surface area contributed by atoms with E-state index >= 15 is 0 Å². The lowest BCUT2D eigenvalue weighted by Gasteiger charge is -2.33. The summed E-state index contributed by atoms with van der Waals surface area (Å²) in [6.45, 7) is 1.54. The van der Waals surface area contributed by atoms with Gasteiger partial charge in [-0.1, -0.05) is 18.6 Å². The van der Waals surface area contributed by atoms with Crippen molar-refractivity contribution >= 4 is 15.7 Å². The van der Waals surface area contributed by atoms with Crippen molar-refractivity contribution in [2.24, 2.45) is 0 Å². The molecule has 0 saturated carbocycles. The Hall–Kier alpha value is -1.51. The van der Waals surface area contributed by atoms with Crippen LogP contribution in [0.1, 0.15) is 24.8 Å². The lowest BCUT2D eigenvalue weighted by atomic mass is 10.1. The summed E-state index contributed by atoms with van der Waals surface area (Å²) < 4.78 is 26.8. The van der Waals surface area contributed by atoms with Gasteiger partial charge in [-0.15, -0.1) is 0 Å². The number of aliphatic hydroxyl groups is 1. The molecule has 0 bridgehead atoms. The summed E-state index contributed by atoms with van der Waals surface area (Å²) in [7, 11) is -4.00. The van der Waals surface area contributed by atoms with Crippen LogP contribution >= 0.6 is 0 Å². The van der Waals surface area contributed by atoms with Gasteiger partial charge in [-0.3, -0.25) is 10.1 Å². The molecule has 1 atom stereocenters. The Balaban J connectivity index is 2.56. The Morgan fingerprint density at radius 3 is 2.76 bits per heavy atom. The van der Waals surface area contributed by atoms with E-state index in [0.717, 1.165) is 6.42 Å². The molecule has 0 amide bonds. The van der Waals surface area contributed by atoms with Crippen molar-refractivity contribution in [3.63, 3.8) is 0 Å². The molecule has 1 aliphatic heterocycles. The van der Waals surface area contributed by atoms with Gasteiger partial charge in [0.15, 0.2) is 4.90 Å². The van der Waals surface area contributed by atoms with Crippen molar-refractivity contribution in [2.75, 3.05) is 13.2 Å². The second kappa shape index (κ2) is 6.08. The average Bonchev–Trinajstić information content (AvgIpc) is 2.46. The van der Waals surface area contributed by atoms with Gasteiger partial charge in [0.2, 0.25) is 0 Å². The van der Waals surface area contributed by atoms with Crippen LogP contribution in [0, 0.1) is 17.0 Å². The zero-order chi connectivity index (χ0) is 15.6. The summed E-state index contributed by atoms with van der Waals surface area (Å²) in [5.74, 6) is 0. The van der Waals surface area contributed by atoms with Crippen LogP contribution < -0.4 is 0 Å². The first-order valence-corrected chi connectivity index (χ1v) is 8.20. The third-order valence-electron chi connectivity index (χ3n) is 3.74. The minimum absolute atomic E-state index is 0.268. The fourth-order valence-corrected chi connectivity index (χ4v) is 4.76. The van der Waals surface area contributed by atoms with Crippen molar-refractivity contribution in [3.8, 4) is 0 Å². The summed E-state index contributed by atoms with van der Waals surface area (Å²) in [5, 5.41) is 20.5. The Morgan fingerprint density at radius 1 is 1.43 bits per heavy atom. The summed E-state index contributed by atoms with van der Waals surface area (Å²) in [6, 6.07) is 3.69. The van der Waals surface area contributed by atoms with Gasteiger partial charge < -0.3 is 5.11 Å². The molecule has 1 fully saturated rings. The standard InChI is InChI=1S/C13H18N2O5S/c1-10-5-4-7-12(15(17)18)13(10)21(19,20)14-8-3-2-6-11(14)9-16/h4-5,7,11,16H,2-3,6,8-9H2,1H3. The Bertz CT molecular complexity index is 644. The molecule has 8 heteroatoms. The zero-order valence-corrected chi connectivity index (χ0v) is 12.5. The summed E-state index contributed by atoms with van der Waals surface area (Å²) in [6.07, 6.45) is 2.10. The van der Waals surface area contributed by atoms with Gasteiger partial charge in [0, 0.05) is 18.7 Å². The number of rotatable bonds is 4. The molecule has 1 N–H and O–H groups in total. The normalized spacial score (nSPS) is 20.4. The SMILES string of the molecule is Cc1cccc([N+](=O)[O-])c1S(=O)(=O)N1CCCCC1CO. The van der Waals surface area contributed by atoms with E-state index in [4.69, 9.17) is 0 Å². The zero-order valence-electron chi connectivity index (χ0n) is 11.7. The molecule has 1 aromatic carbocycles. The third kappa shape index (κ3) is 2.92. The molecule has 1 aromatic rings. The van der Waals surface area contributed by atoms with E-state index in [-0.39, 0.29) is 18.0 Å². The predicted molar refractivity (Wildman–Crippen MR) is 76.5 cm³/mol. The number of benzene rings is 1. The van der Waals surface area contributed by atoms with Crippen LogP contribution in [0.15, 0.2) is 23.1 Å². The molecule has 1 saturated heterocycles. The summed E-state index contributed by atoms with van der Waals surface area (Å²) in [5.41, 5.74) is -0.0799. The fraction of sp³-hybridized carbons (Fsp3) is 0.538. The van der Waals surface area contributed by atoms with Crippen LogP contribution in [-0.2, 0) is 10.0 Å². The van der Waals surface area contributed by atoms with Crippen LogP contribution in [0.4, 0.5) is 5.69 Å². The number of aliphatic hydroxyl groups excluding tert-OH is 1. The largest absolute Gasteiger partial charge is 0.395 e. The number of piperidine rings is 1. The van der Waals surface area contributed by atoms with Crippen LogP contribution in [0.2, 0.25) is 0 Å². The van der Waals surface area contributed by atoms with Crippen molar-refractivity contribution in [1.29, 1.82) is 0 Å². The second-order valence-electron chi connectivity index (χ2n) is 5.13. The van der Waals surface area contributed by atoms with E-state index in [1.165, 1.54) is 29.4 Å². The van der Waals surface area contributed by atoms with Crippen molar-refractivity contribution in [2.45, 2.75) is 37.1 Å². The number of sulfonamides is 1. The number of hydrogen-bond acceptors (Lipinski definition) is 5. The summed E-state index contributed by atoms with van der Waals surface area (Å²) >= 11 is 0. The maximum absolute atomic E-state index is 12.8. The molecule has 1 heterocycles. The van der Waals surface area contributed by atoms with Crippen LogP contribution in [-0.4, -0.2) is 41.9 Å². The number of hydrogen-bond donors (Lipinski definition) is 1. The summed E-state index contributed by atoms with van der Waals surface area (Å²) in [4.78, 5) is 10.2. The molecular formula is C13H18N2O5S. The third-order valence-corrected chi connectivity index (χ3v) is 5.88. The van der Waals surface area contributed by atoms with Crippen molar-refractivity contribution in [3.05, 3.63) is 33.9 Å². The lowest BCUT2D eigenvalue weighted by Crippen LogP contribution is -2.45. The fourth-order valence-electron chi connectivity index (χ4n) is 2.71. The molecule has 21 heavy (non-hydrogen) atoms. The number of nitrogens with zero attached hydrogens (tertiary/aromatic N) is 2.